The molecule has 0 saturated carbocycles. The average molecular weight is 515 g/mol. The van der Waals surface area contributed by atoms with E-state index in [1.165, 1.54) is 6.08 Å². The van der Waals surface area contributed by atoms with Gasteiger partial charge in [0.05, 0.1) is 5.92 Å². The number of aryl methyl sites for hydroxylation is 1. The number of esters is 1. The van der Waals surface area contributed by atoms with Crippen molar-refractivity contribution in [1.82, 2.24) is 0 Å². The second-order valence-corrected chi connectivity index (χ2v) is 9.13. The Morgan fingerprint density at radius 1 is 0.974 bits per heavy atom. The monoisotopic (exact) mass is 514 g/mol. The summed E-state index contributed by atoms with van der Waals surface area (Å²) in [5, 5.41) is 9.86. The Bertz CT molecular complexity index is 1580. The fourth-order valence-corrected chi connectivity index (χ4v) is 4.33. The highest BCUT2D eigenvalue weighted by atomic mass is 16.5. The van der Waals surface area contributed by atoms with E-state index in [4.69, 9.17) is 19.9 Å². The molecular weight excluding hydrogens is 488 g/mol. The highest BCUT2D eigenvalue weighted by Gasteiger charge is 2.31. The third-order valence-corrected chi connectivity index (χ3v) is 6.36. The molecule has 0 spiro atoms. The number of ether oxygens (including phenoxy) is 3. The smallest absolute Gasteiger partial charge is 0.336 e. The van der Waals surface area contributed by atoms with Gasteiger partial charge in [0.15, 0.2) is 0 Å². The molecule has 1 unspecified atom stereocenters. The fourth-order valence-electron chi connectivity index (χ4n) is 4.33. The summed E-state index contributed by atoms with van der Waals surface area (Å²) in [5.41, 5.74) is 11.2. The molecule has 0 bridgehead atoms. The maximum Gasteiger partial charge on any atom is 0.336 e. The molecule has 1 heterocycles. The molecule has 0 aliphatic carbocycles. The van der Waals surface area contributed by atoms with E-state index in [1.54, 1.807) is 24.3 Å². The molecule has 0 amide bonds. The molecule has 0 saturated heterocycles. The van der Waals surface area contributed by atoms with Gasteiger partial charge in [-0.15, -0.1) is 0 Å². The van der Waals surface area contributed by atoms with Crippen LogP contribution in [0, 0.1) is 18.3 Å². The second kappa shape index (κ2) is 11.4. The van der Waals surface area contributed by atoms with Gasteiger partial charge in [0.25, 0.3) is 0 Å². The Labute approximate surface area is 227 Å². The first kappa shape index (κ1) is 25.4. The molecule has 39 heavy (non-hydrogen) atoms. The lowest BCUT2D eigenvalue weighted by Gasteiger charge is -2.26. The predicted octanol–water partition coefficient (Wildman–Crippen LogP) is 6.41. The number of rotatable bonds is 7. The topological polar surface area (TPSA) is 94.6 Å². The third kappa shape index (κ3) is 6.00. The van der Waals surface area contributed by atoms with Gasteiger partial charge in [-0.05, 0) is 47.9 Å². The molecule has 4 aromatic carbocycles. The Morgan fingerprint density at radius 3 is 2.41 bits per heavy atom. The van der Waals surface area contributed by atoms with E-state index in [2.05, 4.69) is 6.07 Å². The van der Waals surface area contributed by atoms with Gasteiger partial charge >= 0.3 is 5.97 Å². The van der Waals surface area contributed by atoms with Gasteiger partial charge in [0, 0.05) is 17.7 Å². The highest BCUT2D eigenvalue weighted by Crippen LogP contribution is 2.43. The maximum atomic E-state index is 12.4. The number of carbonyl (C=O) groups excluding carboxylic acids is 1. The first-order chi connectivity index (χ1) is 19.0. The summed E-state index contributed by atoms with van der Waals surface area (Å²) in [5.74, 6) is 0.509. The molecule has 1 aliphatic rings. The quantitative estimate of drug-likeness (QED) is 0.174. The zero-order valence-corrected chi connectivity index (χ0v) is 21.3. The van der Waals surface area contributed by atoms with Crippen molar-refractivity contribution in [3.8, 4) is 23.3 Å². The van der Waals surface area contributed by atoms with Gasteiger partial charge in [0.1, 0.15) is 35.5 Å². The van der Waals surface area contributed by atoms with E-state index in [0.29, 0.717) is 29.4 Å². The number of hydrogen-bond donors (Lipinski definition) is 1. The zero-order chi connectivity index (χ0) is 27.2. The van der Waals surface area contributed by atoms with Crippen LogP contribution in [0.1, 0.15) is 33.7 Å². The van der Waals surface area contributed by atoms with Gasteiger partial charge in [0.2, 0.25) is 5.88 Å². The molecule has 6 heteroatoms. The maximum absolute atomic E-state index is 12.4. The SMILES string of the molecule is Cc1ccc(/C=C/C(=O)Oc2ccc3c(c2)OC(N)=C(C#N)C3c2ccc(OCc3ccccc3)cc2)cc1. The third-order valence-electron chi connectivity index (χ3n) is 6.36. The van der Waals surface area contributed by atoms with Crippen molar-refractivity contribution in [1.29, 1.82) is 5.26 Å². The molecule has 4 aromatic rings. The van der Waals surface area contributed by atoms with Crippen LogP contribution in [0.25, 0.3) is 6.08 Å². The first-order valence-electron chi connectivity index (χ1n) is 12.4. The summed E-state index contributed by atoms with van der Waals surface area (Å²) in [6, 6.07) is 32.6. The first-order valence-corrected chi connectivity index (χ1v) is 12.4. The lowest BCUT2D eigenvalue weighted by Crippen LogP contribution is -2.21. The molecule has 192 valence electrons. The minimum absolute atomic E-state index is 0.0159. The minimum atomic E-state index is -0.518. The molecule has 0 aromatic heterocycles. The number of nitrogens with two attached hydrogens (primary N) is 1. The number of fused-ring (bicyclic) bond motifs is 1. The van der Waals surface area contributed by atoms with Crippen molar-refractivity contribution in [2.45, 2.75) is 19.4 Å². The molecule has 2 N–H and O–H groups in total. The summed E-state index contributed by atoms with van der Waals surface area (Å²) in [6.07, 6.45) is 3.07. The van der Waals surface area contributed by atoms with Gasteiger partial charge in [-0.1, -0.05) is 78.4 Å². The van der Waals surface area contributed by atoms with Gasteiger partial charge < -0.3 is 19.9 Å². The Balaban J connectivity index is 1.33. The summed E-state index contributed by atoms with van der Waals surface area (Å²) in [7, 11) is 0. The molecule has 5 rings (SSSR count). The summed E-state index contributed by atoms with van der Waals surface area (Å²) in [6.45, 7) is 2.46. The fraction of sp³-hybridized carbons (Fsp3) is 0.0909. The standard InChI is InChI=1S/C33H26N2O4/c1-22-7-9-23(10-8-22)11-18-31(36)38-27-16-17-28-30(19-27)39-33(35)29(20-34)32(28)25-12-14-26(15-13-25)37-21-24-5-3-2-4-6-24/h2-19,32H,21,35H2,1H3/b18-11+. The lowest BCUT2D eigenvalue weighted by atomic mass is 9.83. The van der Waals surface area contributed by atoms with Crippen molar-refractivity contribution in [3.63, 3.8) is 0 Å². The van der Waals surface area contributed by atoms with Crippen LogP contribution in [-0.4, -0.2) is 5.97 Å². The molecular formula is C33H26N2O4. The van der Waals surface area contributed by atoms with E-state index >= 15 is 0 Å². The average Bonchev–Trinajstić information content (AvgIpc) is 2.96. The number of benzene rings is 4. The molecule has 1 aliphatic heterocycles. The largest absolute Gasteiger partial charge is 0.489 e. The Morgan fingerprint density at radius 2 is 1.69 bits per heavy atom. The summed E-state index contributed by atoms with van der Waals surface area (Å²) in [4.78, 5) is 12.4. The molecule has 0 radical (unpaired) electrons. The molecule has 0 fully saturated rings. The molecule has 6 nitrogen and oxygen atoms in total. The highest BCUT2D eigenvalue weighted by molar-refractivity contribution is 5.88. The Kier molecular flexibility index (Phi) is 7.42. The second-order valence-electron chi connectivity index (χ2n) is 9.13. The van der Waals surface area contributed by atoms with Crippen LogP contribution in [0.2, 0.25) is 0 Å². The van der Waals surface area contributed by atoms with Crippen molar-refractivity contribution in [3.05, 3.63) is 142 Å². The number of carbonyl (C=O) groups is 1. The van der Waals surface area contributed by atoms with E-state index < -0.39 is 11.9 Å². The van der Waals surface area contributed by atoms with E-state index in [1.807, 2.05) is 85.8 Å². The van der Waals surface area contributed by atoms with Gasteiger partial charge in [-0.25, -0.2) is 4.79 Å². The number of nitriles is 1. The number of hydrogen-bond acceptors (Lipinski definition) is 6. The van der Waals surface area contributed by atoms with Crippen LogP contribution >= 0.6 is 0 Å². The Hall–Kier alpha value is -5.28. The normalized spacial score (nSPS) is 14.3. The van der Waals surface area contributed by atoms with Crippen LogP contribution in [-0.2, 0) is 11.4 Å². The van der Waals surface area contributed by atoms with Crippen molar-refractivity contribution < 1.29 is 19.0 Å². The van der Waals surface area contributed by atoms with Crippen LogP contribution in [0.15, 0.2) is 115 Å². The van der Waals surface area contributed by atoms with E-state index in [9.17, 15) is 10.1 Å². The van der Waals surface area contributed by atoms with Crippen LogP contribution < -0.4 is 19.9 Å². The summed E-state index contributed by atoms with van der Waals surface area (Å²) < 4.78 is 17.2. The van der Waals surface area contributed by atoms with Crippen LogP contribution in [0.4, 0.5) is 0 Å². The van der Waals surface area contributed by atoms with Crippen molar-refractivity contribution in [2.75, 3.05) is 0 Å². The number of allylic oxidation sites excluding steroid dienone is 1. The minimum Gasteiger partial charge on any atom is -0.489 e. The van der Waals surface area contributed by atoms with Crippen molar-refractivity contribution in [2.24, 2.45) is 5.73 Å². The molecule has 1 atom stereocenters. The van der Waals surface area contributed by atoms with Crippen LogP contribution in [0.5, 0.6) is 17.2 Å². The van der Waals surface area contributed by atoms with Crippen LogP contribution in [0.3, 0.4) is 0 Å². The predicted molar refractivity (Wildman–Crippen MR) is 149 cm³/mol. The summed E-state index contributed by atoms with van der Waals surface area (Å²) >= 11 is 0. The number of nitrogens with zero attached hydrogens (tertiary/aromatic N) is 1. The zero-order valence-electron chi connectivity index (χ0n) is 21.3. The van der Waals surface area contributed by atoms with Crippen molar-refractivity contribution >= 4 is 12.0 Å². The van der Waals surface area contributed by atoms with Gasteiger partial charge in [-0.2, -0.15) is 5.26 Å². The van der Waals surface area contributed by atoms with E-state index in [0.717, 1.165) is 27.8 Å². The van der Waals surface area contributed by atoms with Gasteiger partial charge in [-0.3, -0.25) is 0 Å². The lowest BCUT2D eigenvalue weighted by molar-refractivity contribution is -0.128. The van der Waals surface area contributed by atoms with E-state index in [-0.39, 0.29) is 5.88 Å².